The predicted molar refractivity (Wildman–Crippen MR) is 118 cm³/mol. The van der Waals surface area contributed by atoms with E-state index in [0.717, 1.165) is 11.5 Å². The van der Waals surface area contributed by atoms with E-state index in [1.165, 1.54) is 64.9 Å². The Morgan fingerprint density at radius 1 is 0.781 bits per heavy atom. The second-order valence-electron chi connectivity index (χ2n) is 6.18. The molecule has 1 amide bonds. The predicted octanol–water partition coefficient (Wildman–Crippen LogP) is 2.26. The second kappa shape index (κ2) is 10.4. The number of phenolic OH excluding ortho intramolecular Hbond substituents is 2. The summed E-state index contributed by atoms with van der Waals surface area (Å²) >= 11 is 0. The van der Waals surface area contributed by atoms with Gasteiger partial charge in [-0.25, -0.2) is 13.1 Å². The minimum Gasteiger partial charge on any atom is -0.508 e. The molecular weight excluding hydrogens is 442 g/mol. The summed E-state index contributed by atoms with van der Waals surface area (Å²) in [5.74, 6) is -0.376. The highest BCUT2D eigenvalue weighted by Crippen LogP contribution is 2.35. The molecule has 0 atom stereocenters. The van der Waals surface area contributed by atoms with Gasteiger partial charge in [0.15, 0.2) is 0 Å². The highest BCUT2D eigenvalue weighted by Gasteiger charge is 2.15. The molecule has 0 saturated carbocycles. The van der Waals surface area contributed by atoms with Crippen molar-refractivity contribution >= 4 is 28.1 Å². The molecule has 11 heteroatoms. The smallest absolute Gasteiger partial charge is 0.257 e. The van der Waals surface area contributed by atoms with E-state index >= 15 is 0 Å². The third kappa shape index (κ3) is 6.08. The SMILES string of the molecule is COc1cc(O)cc(OC)c1/C=C\C(=O)NS(=O)(=O)/C=C/c1c(OC)cc(O)cc1OC. The van der Waals surface area contributed by atoms with Crippen molar-refractivity contribution in [1.29, 1.82) is 0 Å². The Hall–Kier alpha value is -3.86. The summed E-state index contributed by atoms with van der Waals surface area (Å²) in [6.07, 6.45) is 3.44. The minimum atomic E-state index is -4.19. The van der Waals surface area contributed by atoms with Gasteiger partial charge in [0.2, 0.25) is 0 Å². The Morgan fingerprint density at radius 2 is 1.16 bits per heavy atom. The molecule has 2 aromatic carbocycles. The number of rotatable bonds is 9. The summed E-state index contributed by atoms with van der Waals surface area (Å²) in [4.78, 5) is 12.2. The van der Waals surface area contributed by atoms with Crippen LogP contribution < -0.4 is 23.7 Å². The number of sulfonamides is 1. The Labute approximate surface area is 185 Å². The van der Waals surface area contributed by atoms with Crippen molar-refractivity contribution in [2.24, 2.45) is 0 Å². The first-order chi connectivity index (χ1) is 15.1. The van der Waals surface area contributed by atoms with Gasteiger partial charge in [-0.15, -0.1) is 0 Å². The summed E-state index contributed by atoms with van der Waals surface area (Å²) in [6.45, 7) is 0. The molecular formula is C21H23NO9S. The van der Waals surface area contributed by atoms with Crippen LogP contribution in [0.3, 0.4) is 0 Å². The molecule has 0 heterocycles. The molecule has 0 saturated heterocycles. The van der Waals surface area contributed by atoms with Crippen LogP contribution in [0.15, 0.2) is 35.7 Å². The number of hydrogen-bond acceptors (Lipinski definition) is 9. The molecule has 32 heavy (non-hydrogen) atoms. The summed E-state index contributed by atoms with van der Waals surface area (Å²) in [7, 11) is 1.24. The van der Waals surface area contributed by atoms with Gasteiger partial charge < -0.3 is 29.2 Å². The van der Waals surface area contributed by atoms with E-state index in [0.29, 0.717) is 5.56 Å². The quantitative estimate of drug-likeness (QED) is 0.476. The average Bonchev–Trinajstić information content (AvgIpc) is 2.75. The van der Waals surface area contributed by atoms with Crippen LogP contribution in [0.4, 0.5) is 0 Å². The number of methoxy groups -OCH3 is 4. The summed E-state index contributed by atoms with van der Waals surface area (Å²) in [6, 6.07) is 5.21. The molecule has 0 spiro atoms. The van der Waals surface area contributed by atoms with Crippen LogP contribution >= 0.6 is 0 Å². The molecule has 0 bridgehead atoms. The van der Waals surface area contributed by atoms with Gasteiger partial charge in [0, 0.05) is 30.3 Å². The van der Waals surface area contributed by atoms with Crippen LogP contribution in [0.2, 0.25) is 0 Å². The van der Waals surface area contributed by atoms with E-state index in [1.807, 2.05) is 4.72 Å². The maximum atomic E-state index is 12.3. The van der Waals surface area contributed by atoms with E-state index in [4.69, 9.17) is 18.9 Å². The second-order valence-corrected chi connectivity index (χ2v) is 7.74. The molecule has 0 aliphatic rings. The number of nitrogens with one attached hydrogen (secondary N) is 1. The van der Waals surface area contributed by atoms with Crippen molar-refractivity contribution in [3.8, 4) is 34.5 Å². The average molecular weight is 465 g/mol. The number of carbonyl (C=O) groups excluding carboxylic acids is 1. The Morgan fingerprint density at radius 3 is 1.53 bits per heavy atom. The third-order valence-electron chi connectivity index (χ3n) is 4.12. The molecule has 2 rings (SSSR count). The normalized spacial score (nSPS) is 11.5. The molecule has 0 aliphatic carbocycles. The third-order valence-corrected chi connectivity index (χ3v) is 5.10. The maximum Gasteiger partial charge on any atom is 0.257 e. The van der Waals surface area contributed by atoms with E-state index in [9.17, 15) is 23.4 Å². The molecule has 2 aromatic rings. The number of benzene rings is 2. The van der Waals surface area contributed by atoms with Crippen molar-refractivity contribution < 1.29 is 42.4 Å². The number of phenols is 2. The molecule has 0 unspecified atom stereocenters. The zero-order valence-electron chi connectivity index (χ0n) is 17.8. The van der Waals surface area contributed by atoms with Crippen LogP contribution in [-0.4, -0.2) is 53.0 Å². The fourth-order valence-electron chi connectivity index (χ4n) is 2.70. The molecule has 0 fully saturated rings. The van der Waals surface area contributed by atoms with Crippen molar-refractivity contribution in [2.75, 3.05) is 28.4 Å². The van der Waals surface area contributed by atoms with Gasteiger partial charge in [-0.1, -0.05) is 0 Å². The Bertz CT molecular complexity index is 1100. The summed E-state index contributed by atoms with van der Waals surface area (Å²) in [5.41, 5.74) is 0.578. The summed E-state index contributed by atoms with van der Waals surface area (Å²) in [5, 5.41) is 20.1. The number of carbonyl (C=O) groups is 1. The van der Waals surface area contributed by atoms with Crippen LogP contribution in [0, 0.1) is 0 Å². The fourth-order valence-corrected chi connectivity index (χ4v) is 3.44. The van der Waals surface area contributed by atoms with Crippen LogP contribution in [0.25, 0.3) is 12.2 Å². The lowest BCUT2D eigenvalue weighted by Crippen LogP contribution is -2.26. The maximum absolute atomic E-state index is 12.3. The van der Waals surface area contributed by atoms with E-state index in [1.54, 1.807) is 0 Å². The van der Waals surface area contributed by atoms with Crippen molar-refractivity contribution in [1.82, 2.24) is 4.72 Å². The first-order valence-electron chi connectivity index (χ1n) is 8.97. The first kappa shape index (κ1) is 24.4. The number of hydrogen-bond donors (Lipinski definition) is 3. The van der Waals surface area contributed by atoms with Gasteiger partial charge in [-0.3, -0.25) is 4.79 Å². The standard InChI is InChI=1S/C21H23NO9S/c1-28-17-9-13(23)10-18(29-2)15(17)5-6-21(25)22-32(26,27)8-7-16-19(30-3)11-14(24)12-20(16)31-4/h5-12,23-24H,1-4H3,(H,22,25)/b6-5-,8-7+. The number of ether oxygens (including phenoxy) is 4. The zero-order valence-corrected chi connectivity index (χ0v) is 18.6. The fraction of sp³-hybridized carbons (Fsp3) is 0.190. The van der Waals surface area contributed by atoms with Gasteiger partial charge in [-0.2, -0.15) is 0 Å². The molecule has 172 valence electrons. The Balaban J connectivity index is 2.25. The number of amides is 1. The van der Waals surface area contributed by atoms with E-state index in [2.05, 4.69) is 0 Å². The highest BCUT2D eigenvalue weighted by molar-refractivity contribution is 7.93. The summed E-state index contributed by atoms with van der Waals surface area (Å²) < 4.78 is 47.1. The molecule has 0 aliphatic heterocycles. The largest absolute Gasteiger partial charge is 0.508 e. The monoisotopic (exact) mass is 465 g/mol. The lowest BCUT2D eigenvalue weighted by Gasteiger charge is -2.11. The van der Waals surface area contributed by atoms with E-state index < -0.39 is 15.9 Å². The van der Waals surface area contributed by atoms with Crippen molar-refractivity contribution in [2.45, 2.75) is 0 Å². The molecule has 3 N–H and O–H groups in total. The highest BCUT2D eigenvalue weighted by atomic mass is 32.2. The molecule has 10 nitrogen and oxygen atoms in total. The molecule has 0 radical (unpaired) electrons. The number of aromatic hydroxyl groups is 2. The van der Waals surface area contributed by atoms with Crippen LogP contribution in [-0.2, 0) is 14.8 Å². The zero-order chi connectivity index (χ0) is 23.9. The van der Waals surface area contributed by atoms with Crippen LogP contribution in [0.5, 0.6) is 34.5 Å². The topological polar surface area (TPSA) is 141 Å². The van der Waals surface area contributed by atoms with Crippen LogP contribution in [0.1, 0.15) is 11.1 Å². The Kier molecular flexibility index (Phi) is 7.97. The van der Waals surface area contributed by atoms with Gasteiger partial charge >= 0.3 is 0 Å². The van der Waals surface area contributed by atoms with E-state index in [-0.39, 0.29) is 40.1 Å². The van der Waals surface area contributed by atoms with Gasteiger partial charge in [0.05, 0.1) is 45.0 Å². The lowest BCUT2D eigenvalue weighted by molar-refractivity contribution is -0.114. The first-order valence-corrected chi connectivity index (χ1v) is 10.5. The lowest BCUT2D eigenvalue weighted by atomic mass is 10.1. The minimum absolute atomic E-state index is 0.104. The van der Waals surface area contributed by atoms with Gasteiger partial charge in [0.25, 0.3) is 15.9 Å². The van der Waals surface area contributed by atoms with Crippen molar-refractivity contribution in [3.05, 3.63) is 46.9 Å². The van der Waals surface area contributed by atoms with Crippen molar-refractivity contribution in [3.63, 3.8) is 0 Å². The van der Waals surface area contributed by atoms with Gasteiger partial charge in [0.1, 0.15) is 34.5 Å². The van der Waals surface area contributed by atoms with Gasteiger partial charge in [-0.05, 0) is 12.2 Å². The molecule has 0 aromatic heterocycles.